The maximum absolute atomic E-state index is 13.2. The molecule has 1 amide bonds. The summed E-state index contributed by atoms with van der Waals surface area (Å²) in [6.45, 7) is 4.65. The lowest BCUT2D eigenvalue weighted by Crippen LogP contribution is -2.39. The Balaban J connectivity index is 1.48. The van der Waals surface area contributed by atoms with Gasteiger partial charge in [0, 0.05) is 29.7 Å². The maximum Gasteiger partial charge on any atom is 0.286 e. The standard InChI is InChI=1S/C22H23ClN4O3S2/c1-14-8-9-19(11-15(14)2)32(29,30)27-10-4-5-16(13-27)21-25-26-22(31-21)20(28)24-18-7-3-6-17(23)12-18/h3,6-9,11-12,16H,4-5,10,13H2,1-2H3,(H,24,28). The number of sulfonamides is 1. The average molecular weight is 491 g/mol. The lowest BCUT2D eigenvalue weighted by molar-refractivity contribution is 0.102. The first-order chi connectivity index (χ1) is 15.2. The van der Waals surface area contributed by atoms with Crippen LogP contribution in [0.15, 0.2) is 47.4 Å². The van der Waals surface area contributed by atoms with Crippen LogP contribution in [0.25, 0.3) is 0 Å². The molecule has 1 aliphatic rings. The fourth-order valence-electron chi connectivity index (χ4n) is 3.63. The minimum atomic E-state index is -3.60. The summed E-state index contributed by atoms with van der Waals surface area (Å²) in [5, 5.41) is 12.4. The number of rotatable bonds is 5. The van der Waals surface area contributed by atoms with Gasteiger partial charge in [-0.25, -0.2) is 8.42 Å². The highest BCUT2D eigenvalue weighted by Crippen LogP contribution is 2.32. The summed E-state index contributed by atoms with van der Waals surface area (Å²) >= 11 is 7.16. The Morgan fingerprint density at radius 3 is 2.72 bits per heavy atom. The Morgan fingerprint density at radius 2 is 1.97 bits per heavy atom. The molecule has 1 atom stereocenters. The highest BCUT2D eigenvalue weighted by molar-refractivity contribution is 7.89. The number of nitrogens with one attached hydrogen (secondary N) is 1. The van der Waals surface area contributed by atoms with Crippen molar-refractivity contribution in [1.29, 1.82) is 0 Å². The molecule has 1 aliphatic heterocycles. The van der Waals surface area contributed by atoms with Crippen LogP contribution in [0.3, 0.4) is 0 Å². The van der Waals surface area contributed by atoms with Crippen molar-refractivity contribution in [3.8, 4) is 0 Å². The molecule has 3 aromatic rings. The van der Waals surface area contributed by atoms with E-state index in [0.29, 0.717) is 33.7 Å². The Bertz CT molecular complexity index is 1260. The largest absolute Gasteiger partial charge is 0.320 e. The van der Waals surface area contributed by atoms with E-state index < -0.39 is 10.0 Å². The molecule has 1 aromatic heterocycles. The molecule has 4 rings (SSSR count). The molecule has 1 saturated heterocycles. The van der Waals surface area contributed by atoms with Crippen molar-refractivity contribution in [3.63, 3.8) is 0 Å². The molecule has 10 heteroatoms. The topological polar surface area (TPSA) is 92.3 Å². The van der Waals surface area contributed by atoms with Gasteiger partial charge in [0.1, 0.15) is 5.01 Å². The average Bonchev–Trinajstić information content (AvgIpc) is 3.26. The van der Waals surface area contributed by atoms with Gasteiger partial charge in [-0.15, -0.1) is 10.2 Å². The fourth-order valence-corrected chi connectivity index (χ4v) is 6.29. The van der Waals surface area contributed by atoms with E-state index in [1.165, 1.54) is 15.6 Å². The van der Waals surface area contributed by atoms with Crippen molar-refractivity contribution in [2.24, 2.45) is 0 Å². The van der Waals surface area contributed by atoms with Gasteiger partial charge < -0.3 is 5.32 Å². The number of carbonyl (C=O) groups is 1. The monoisotopic (exact) mass is 490 g/mol. The van der Waals surface area contributed by atoms with E-state index in [2.05, 4.69) is 15.5 Å². The van der Waals surface area contributed by atoms with Crippen LogP contribution in [0.5, 0.6) is 0 Å². The van der Waals surface area contributed by atoms with E-state index in [9.17, 15) is 13.2 Å². The molecule has 0 saturated carbocycles. The maximum atomic E-state index is 13.2. The van der Waals surface area contributed by atoms with Gasteiger partial charge in [0.2, 0.25) is 15.0 Å². The van der Waals surface area contributed by atoms with Crippen LogP contribution in [-0.4, -0.2) is 41.9 Å². The van der Waals surface area contributed by atoms with Crippen LogP contribution in [0.1, 0.15) is 44.7 Å². The molecule has 7 nitrogen and oxygen atoms in total. The van der Waals surface area contributed by atoms with Gasteiger partial charge in [0.05, 0.1) is 4.90 Å². The van der Waals surface area contributed by atoms with E-state index >= 15 is 0 Å². The number of halogens is 1. The number of anilines is 1. The predicted octanol–water partition coefficient (Wildman–Crippen LogP) is 4.63. The number of hydrogen-bond donors (Lipinski definition) is 1. The van der Waals surface area contributed by atoms with Crippen LogP contribution in [0.2, 0.25) is 5.02 Å². The predicted molar refractivity (Wildman–Crippen MR) is 126 cm³/mol. The molecule has 0 radical (unpaired) electrons. The van der Waals surface area contributed by atoms with E-state index in [4.69, 9.17) is 11.6 Å². The van der Waals surface area contributed by atoms with Crippen molar-refractivity contribution in [2.45, 2.75) is 37.5 Å². The first-order valence-corrected chi connectivity index (χ1v) is 12.9. The van der Waals surface area contributed by atoms with Crippen molar-refractivity contribution in [1.82, 2.24) is 14.5 Å². The zero-order valence-corrected chi connectivity index (χ0v) is 20.1. The lowest BCUT2D eigenvalue weighted by atomic mass is 10.0. The van der Waals surface area contributed by atoms with Crippen LogP contribution >= 0.6 is 22.9 Å². The molecular weight excluding hydrogens is 468 g/mol. The Hall–Kier alpha value is -2.33. The zero-order chi connectivity index (χ0) is 22.9. The van der Waals surface area contributed by atoms with Gasteiger partial charge in [-0.05, 0) is 68.1 Å². The molecule has 0 spiro atoms. The van der Waals surface area contributed by atoms with Crippen molar-refractivity contribution in [2.75, 3.05) is 18.4 Å². The van der Waals surface area contributed by atoms with Crippen molar-refractivity contribution in [3.05, 3.63) is 68.6 Å². The van der Waals surface area contributed by atoms with Gasteiger partial charge in [-0.2, -0.15) is 4.31 Å². The van der Waals surface area contributed by atoms with E-state index in [1.54, 1.807) is 36.4 Å². The molecule has 1 fully saturated rings. The smallest absolute Gasteiger partial charge is 0.286 e. The van der Waals surface area contributed by atoms with Gasteiger partial charge in [0.25, 0.3) is 5.91 Å². The molecule has 1 unspecified atom stereocenters. The normalized spacial score (nSPS) is 17.3. The number of hydrogen-bond acceptors (Lipinski definition) is 6. The summed E-state index contributed by atoms with van der Waals surface area (Å²) in [6.07, 6.45) is 1.52. The Labute approximate surface area is 196 Å². The van der Waals surface area contributed by atoms with Crippen LogP contribution in [0, 0.1) is 13.8 Å². The molecule has 168 valence electrons. The number of aromatic nitrogens is 2. The number of benzene rings is 2. The second kappa shape index (κ2) is 9.27. The third-order valence-corrected chi connectivity index (χ3v) is 8.75. The van der Waals surface area contributed by atoms with Gasteiger partial charge >= 0.3 is 0 Å². The molecule has 32 heavy (non-hydrogen) atoms. The second-order valence-corrected chi connectivity index (χ2v) is 11.2. The van der Waals surface area contributed by atoms with E-state index in [-0.39, 0.29) is 16.8 Å². The Kier molecular flexibility index (Phi) is 6.62. The summed E-state index contributed by atoms with van der Waals surface area (Å²) in [6, 6.07) is 12.1. The van der Waals surface area contributed by atoms with Crippen molar-refractivity contribution >= 4 is 44.6 Å². The van der Waals surface area contributed by atoms with Crippen LogP contribution < -0.4 is 5.32 Å². The molecule has 2 heterocycles. The highest BCUT2D eigenvalue weighted by atomic mass is 35.5. The van der Waals surface area contributed by atoms with Crippen LogP contribution in [0.4, 0.5) is 5.69 Å². The second-order valence-electron chi connectivity index (χ2n) is 7.86. The fraction of sp³-hybridized carbons (Fsp3) is 0.318. The molecule has 2 aromatic carbocycles. The van der Waals surface area contributed by atoms with E-state index in [0.717, 1.165) is 24.0 Å². The van der Waals surface area contributed by atoms with Crippen LogP contribution in [-0.2, 0) is 10.0 Å². The molecule has 1 N–H and O–H groups in total. The number of amides is 1. The minimum absolute atomic E-state index is 0.102. The van der Waals surface area contributed by atoms with Crippen molar-refractivity contribution < 1.29 is 13.2 Å². The third-order valence-electron chi connectivity index (χ3n) is 5.57. The molecule has 0 aliphatic carbocycles. The summed E-state index contributed by atoms with van der Waals surface area (Å²) in [4.78, 5) is 12.8. The first-order valence-electron chi connectivity index (χ1n) is 10.2. The molecule has 0 bridgehead atoms. The highest BCUT2D eigenvalue weighted by Gasteiger charge is 2.33. The summed E-state index contributed by atoms with van der Waals surface area (Å²) in [5.74, 6) is -0.471. The summed E-state index contributed by atoms with van der Waals surface area (Å²) in [5.41, 5.74) is 2.57. The minimum Gasteiger partial charge on any atom is -0.320 e. The molecular formula is C22H23ClN4O3S2. The Morgan fingerprint density at radius 1 is 1.16 bits per heavy atom. The van der Waals surface area contributed by atoms with Gasteiger partial charge in [0.15, 0.2) is 0 Å². The number of nitrogens with zero attached hydrogens (tertiary/aromatic N) is 3. The summed E-state index contributed by atoms with van der Waals surface area (Å²) < 4.78 is 27.9. The lowest BCUT2D eigenvalue weighted by Gasteiger charge is -2.30. The number of carbonyl (C=O) groups excluding carboxylic acids is 1. The SMILES string of the molecule is Cc1ccc(S(=O)(=O)N2CCCC(c3nnc(C(=O)Nc4cccc(Cl)c4)s3)C2)cc1C. The summed E-state index contributed by atoms with van der Waals surface area (Å²) in [7, 11) is -3.60. The van der Waals surface area contributed by atoms with E-state index in [1.807, 2.05) is 19.9 Å². The number of aryl methyl sites for hydroxylation is 2. The van der Waals surface area contributed by atoms with Gasteiger partial charge in [-0.3, -0.25) is 4.79 Å². The zero-order valence-electron chi connectivity index (χ0n) is 17.7. The van der Waals surface area contributed by atoms with Gasteiger partial charge in [-0.1, -0.05) is 35.1 Å². The quantitative estimate of drug-likeness (QED) is 0.563. The number of piperidine rings is 1. The first kappa shape index (κ1) is 22.8. The third kappa shape index (κ3) is 4.85.